The molecule has 0 aliphatic carbocycles. The second kappa shape index (κ2) is 8.80. The van der Waals surface area contributed by atoms with E-state index in [1.807, 2.05) is 19.6 Å². The molecule has 0 unspecified atom stereocenters. The Balaban J connectivity index is 2.52. The van der Waals surface area contributed by atoms with E-state index in [-0.39, 0.29) is 17.4 Å². The lowest BCUT2D eigenvalue weighted by Crippen LogP contribution is -2.24. The zero-order chi connectivity index (χ0) is 24.5. The third-order valence-electron chi connectivity index (χ3n) is 4.03. The van der Waals surface area contributed by atoms with Crippen LogP contribution in [-0.4, -0.2) is 35.5 Å². The fourth-order valence-electron chi connectivity index (χ4n) is 2.42. The van der Waals surface area contributed by atoms with Gasteiger partial charge in [0, 0.05) is 26.3 Å². The van der Waals surface area contributed by atoms with E-state index in [1.54, 1.807) is 0 Å². The zero-order valence-corrected chi connectivity index (χ0v) is 18.0. The zero-order valence-electron chi connectivity index (χ0n) is 17.0. The van der Waals surface area contributed by atoms with Crippen LogP contribution in [0.4, 0.5) is 42.5 Å². The van der Waals surface area contributed by atoms with Crippen molar-refractivity contribution in [3.63, 3.8) is 0 Å². The summed E-state index contributed by atoms with van der Waals surface area (Å²) in [7, 11) is -1.59. The van der Waals surface area contributed by atoms with Crippen molar-refractivity contribution in [2.45, 2.75) is 38.0 Å². The highest BCUT2D eigenvalue weighted by Gasteiger charge is 2.42. The normalized spacial score (nSPS) is 12.5. The summed E-state index contributed by atoms with van der Waals surface area (Å²) < 4.78 is 83.9. The van der Waals surface area contributed by atoms with Crippen molar-refractivity contribution in [1.82, 2.24) is 9.78 Å². The molecule has 32 heavy (non-hydrogen) atoms. The smallest absolute Gasteiger partial charge is 0.435 e. The molecule has 15 heteroatoms. The number of amides is 1. The molecule has 0 saturated heterocycles. The lowest BCUT2D eigenvalue weighted by Gasteiger charge is -2.17. The van der Waals surface area contributed by atoms with Gasteiger partial charge in [0.15, 0.2) is 5.69 Å². The molecule has 8 nitrogen and oxygen atoms in total. The van der Waals surface area contributed by atoms with Crippen molar-refractivity contribution in [2.75, 3.05) is 11.9 Å². The first-order valence-electron chi connectivity index (χ1n) is 8.96. The molecule has 0 saturated carbocycles. The van der Waals surface area contributed by atoms with Crippen molar-refractivity contribution >= 4 is 25.5 Å². The van der Waals surface area contributed by atoms with Crippen LogP contribution < -0.4 is 5.32 Å². The van der Waals surface area contributed by atoms with Gasteiger partial charge in [0.1, 0.15) is 5.69 Å². The van der Waals surface area contributed by atoms with E-state index in [9.17, 15) is 41.3 Å². The van der Waals surface area contributed by atoms with Crippen LogP contribution in [0, 0.1) is 10.1 Å². The molecule has 0 aliphatic heterocycles. The average molecular weight is 484 g/mol. The van der Waals surface area contributed by atoms with Crippen LogP contribution >= 0.6 is 0 Å². The van der Waals surface area contributed by atoms with Crippen LogP contribution in [0.3, 0.4) is 0 Å². The Morgan fingerprint density at radius 1 is 1.16 bits per heavy atom. The second-order valence-electron chi connectivity index (χ2n) is 7.85. The number of anilines is 1. The van der Waals surface area contributed by atoms with Crippen LogP contribution in [0.5, 0.6) is 0 Å². The van der Waals surface area contributed by atoms with Crippen molar-refractivity contribution in [3.8, 4) is 5.69 Å². The van der Waals surface area contributed by atoms with Gasteiger partial charge in [0.25, 0.3) is 5.69 Å². The fraction of sp³-hybridized carbons (Fsp3) is 0.412. The molecule has 1 aromatic carbocycles. The molecule has 0 radical (unpaired) electrons. The predicted molar refractivity (Wildman–Crippen MR) is 103 cm³/mol. The Bertz CT molecular complexity index is 1010. The number of aromatic nitrogens is 2. The molecule has 1 N–H and O–H groups in total. The number of hydrogen-bond acceptors (Lipinski definition) is 5. The topological polar surface area (TPSA) is 99.3 Å². The van der Waals surface area contributed by atoms with Gasteiger partial charge in [-0.1, -0.05) is 19.6 Å². The maximum absolute atomic E-state index is 13.4. The number of nitrogens with one attached hydrogen (secondary N) is 1. The van der Waals surface area contributed by atoms with Crippen LogP contribution in [-0.2, 0) is 17.1 Å². The van der Waals surface area contributed by atoms with Crippen molar-refractivity contribution in [1.29, 1.82) is 0 Å². The van der Waals surface area contributed by atoms with E-state index in [0.29, 0.717) is 12.1 Å². The SMILES string of the molecule is C[Si](C)(C)CCOC(=O)Nc1cc([N+](=O)[O-])ccc1-n1nc(C(F)(F)F)cc1C(F)(F)F. The van der Waals surface area contributed by atoms with Crippen LogP contribution in [0.15, 0.2) is 24.3 Å². The van der Waals surface area contributed by atoms with Gasteiger partial charge in [-0.25, -0.2) is 9.48 Å². The van der Waals surface area contributed by atoms with Crippen molar-refractivity contribution in [3.05, 3.63) is 45.8 Å². The van der Waals surface area contributed by atoms with Crippen LogP contribution in [0.1, 0.15) is 11.4 Å². The summed E-state index contributed by atoms with van der Waals surface area (Å²) in [5, 5.41) is 16.1. The summed E-state index contributed by atoms with van der Waals surface area (Å²) in [5.74, 6) is 0. The Labute approximate surface area is 178 Å². The van der Waals surface area contributed by atoms with E-state index in [0.717, 1.165) is 12.1 Å². The number of nitrogens with zero attached hydrogens (tertiary/aromatic N) is 3. The Kier molecular flexibility index (Phi) is 6.92. The Morgan fingerprint density at radius 2 is 1.78 bits per heavy atom. The van der Waals surface area contributed by atoms with Gasteiger partial charge in [-0.3, -0.25) is 15.4 Å². The third-order valence-corrected chi connectivity index (χ3v) is 5.74. The largest absolute Gasteiger partial charge is 0.450 e. The number of benzene rings is 1. The number of alkyl halides is 6. The molecular formula is C17H18F6N4O4Si. The van der Waals surface area contributed by atoms with E-state index in [1.165, 1.54) is 0 Å². The van der Waals surface area contributed by atoms with Gasteiger partial charge in [-0.05, 0) is 12.1 Å². The molecular weight excluding hydrogens is 466 g/mol. The minimum atomic E-state index is -5.24. The summed E-state index contributed by atoms with van der Waals surface area (Å²) in [6.45, 7) is 5.99. The molecule has 0 spiro atoms. The number of halogens is 6. The number of ether oxygens (including phenoxy) is 1. The standard InChI is InChI=1S/C17H18F6N4O4Si/c1-32(2,3)7-6-31-15(28)24-11-8-10(27(29)30)4-5-12(11)26-14(17(21,22)23)9-13(25-26)16(18,19)20/h4-5,8-9H,6-7H2,1-3H3,(H,24,28). The molecule has 176 valence electrons. The highest BCUT2D eigenvalue weighted by molar-refractivity contribution is 6.76. The first-order valence-corrected chi connectivity index (χ1v) is 12.7. The number of carbonyl (C=O) groups excluding carboxylic acids is 1. The summed E-state index contributed by atoms with van der Waals surface area (Å²) >= 11 is 0. The minimum absolute atomic E-state index is 0.0143. The quantitative estimate of drug-likeness (QED) is 0.245. The lowest BCUT2D eigenvalue weighted by molar-refractivity contribution is -0.384. The van der Waals surface area contributed by atoms with E-state index in [2.05, 4.69) is 10.4 Å². The molecule has 0 bridgehead atoms. The van der Waals surface area contributed by atoms with Crippen LogP contribution in [0.2, 0.25) is 25.7 Å². The Morgan fingerprint density at radius 3 is 2.28 bits per heavy atom. The molecule has 1 amide bonds. The number of nitro benzene ring substituents is 1. The summed E-state index contributed by atoms with van der Waals surface area (Å²) in [6, 6.07) is 2.58. The van der Waals surface area contributed by atoms with Crippen molar-refractivity contribution < 1.29 is 40.8 Å². The van der Waals surface area contributed by atoms with E-state index < -0.39 is 59.9 Å². The number of nitro groups is 1. The van der Waals surface area contributed by atoms with Gasteiger partial charge in [0.2, 0.25) is 0 Å². The first-order chi connectivity index (χ1) is 14.5. The molecule has 0 aliphatic rings. The average Bonchev–Trinajstić information content (AvgIpc) is 3.06. The molecule has 0 fully saturated rings. The van der Waals surface area contributed by atoms with Crippen molar-refractivity contribution in [2.24, 2.45) is 0 Å². The van der Waals surface area contributed by atoms with Gasteiger partial charge >= 0.3 is 18.4 Å². The highest BCUT2D eigenvalue weighted by Crippen LogP contribution is 2.38. The summed E-state index contributed by atoms with van der Waals surface area (Å²) in [4.78, 5) is 22.2. The third kappa shape index (κ3) is 6.45. The van der Waals surface area contributed by atoms with Gasteiger partial charge in [-0.2, -0.15) is 31.4 Å². The molecule has 2 aromatic rings. The number of carbonyl (C=O) groups is 1. The first kappa shape index (κ1) is 25.2. The van der Waals surface area contributed by atoms with E-state index in [4.69, 9.17) is 4.74 Å². The number of non-ortho nitro benzene ring substituents is 1. The molecule has 0 atom stereocenters. The minimum Gasteiger partial charge on any atom is -0.450 e. The second-order valence-corrected chi connectivity index (χ2v) is 13.5. The van der Waals surface area contributed by atoms with Gasteiger partial charge in [-0.15, -0.1) is 0 Å². The van der Waals surface area contributed by atoms with Crippen LogP contribution in [0.25, 0.3) is 5.69 Å². The highest BCUT2D eigenvalue weighted by atomic mass is 28.3. The number of rotatable bonds is 6. The summed E-state index contributed by atoms with van der Waals surface area (Å²) in [5.41, 5.74) is -5.48. The maximum Gasteiger partial charge on any atom is 0.435 e. The Hall–Kier alpha value is -3.10. The predicted octanol–water partition coefficient (Wildman–Crippen LogP) is 5.70. The fourth-order valence-corrected chi connectivity index (χ4v) is 3.14. The van der Waals surface area contributed by atoms with E-state index >= 15 is 0 Å². The summed E-state index contributed by atoms with van der Waals surface area (Å²) in [6.07, 6.45) is -11.6. The number of hydrogen-bond donors (Lipinski definition) is 1. The van der Waals surface area contributed by atoms with Gasteiger partial charge in [0.05, 0.1) is 22.9 Å². The molecule has 1 heterocycles. The molecule has 2 rings (SSSR count). The molecule has 1 aromatic heterocycles. The monoisotopic (exact) mass is 484 g/mol. The maximum atomic E-state index is 13.4. The van der Waals surface area contributed by atoms with Gasteiger partial charge < -0.3 is 4.74 Å². The lowest BCUT2D eigenvalue weighted by atomic mass is 10.2.